The average Bonchev–Trinajstić information content (AvgIpc) is 2.64. The summed E-state index contributed by atoms with van der Waals surface area (Å²) < 4.78 is 40.1. The fourth-order valence-electron chi connectivity index (χ4n) is 2.69. The lowest BCUT2D eigenvalue weighted by Gasteiger charge is -2.29. The first-order valence-electron chi connectivity index (χ1n) is 7.30. The van der Waals surface area contributed by atoms with Crippen LogP contribution in [0.1, 0.15) is 31.4 Å². The van der Waals surface area contributed by atoms with Gasteiger partial charge in [-0.05, 0) is 44.7 Å². The molecular formula is C16H21F3N2O. The molecule has 22 heavy (non-hydrogen) atoms. The van der Waals surface area contributed by atoms with E-state index in [-0.39, 0.29) is 18.9 Å². The lowest BCUT2D eigenvalue weighted by molar-refractivity contribution is -0.190. The van der Waals surface area contributed by atoms with Gasteiger partial charge in [0.1, 0.15) is 6.04 Å². The van der Waals surface area contributed by atoms with Gasteiger partial charge in [-0.25, -0.2) is 5.01 Å². The van der Waals surface area contributed by atoms with Gasteiger partial charge in [0.2, 0.25) is 5.91 Å². The van der Waals surface area contributed by atoms with Crippen LogP contribution >= 0.6 is 0 Å². The van der Waals surface area contributed by atoms with E-state index in [4.69, 9.17) is 0 Å². The van der Waals surface area contributed by atoms with Crippen LogP contribution in [-0.2, 0) is 11.2 Å². The number of aryl methyl sites for hydroxylation is 2. The van der Waals surface area contributed by atoms with Crippen molar-refractivity contribution in [3.63, 3.8) is 0 Å². The number of alkyl halides is 3. The van der Waals surface area contributed by atoms with Crippen LogP contribution in [0.5, 0.6) is 0 Å². The molecule has 1 fully saturated rings. The molecule has 1 aromatic carbocycles. The predicted molar refractivity (Wildman–Crippen MR) is 78.0 cm³/mol. The summed E-state index contributed by atoms with van der Waals surface area (Å²) in [5.74, 6) is -0.363. The van der Waals surface area contributed by atoms with Crippen LogP contribution in [0.3, 0.4) is 0 Å². The van der Waals surface area contributed by atoms with Gasteiger partial charge in [0.05, 0.1) is 5.41 Å². The lowest BCUT2D eigenvalue weighted by Crippen LogP contribution is -2.50. The van der Waals surface area contributed by atoms with Gasteiger partial charge in [0.15, 0.2) is 0 Å². The van der Waals surface area contributed by atoms with E-state index in [2.05, 4.69) is 5.43 Å². The smallest absolute Gasteiger partial charge is 0.288 e. The van der Waals surface area contributed by atoms with Crippen molar-refractivity contribution in [1.29, 1.82) is 0 Å². The summed E-state index contributed by atoms with van der Waals surface area (Å²) in [5.41, 5.74) is 3.46. The van der Waals surface area contributed by atoms with E-state index in [1.54, 1.807) is 13.8 Å². The van der Waals surface area contributed by atoms with Crippen LogP contribution in [0, 0.1) is 12.3 Å². The summed E-state index contributed by atoms with van der Waals surface area (Å²) in [5, 5.41) is 1.04. The van der Waals surface area contributed by atoms with Gasteiger partial charge in [-0.1, -0.05) is 24.3 Å². The highest BCUT2D eigenvalue weighted by molar-refractivity contribution is 5.83. The van der Waals surface area contributed by atoms with E-state index in [0.29, 0.717) is 6.42 Å². The molecule has 6 heteroatoms. The number of rotatable bonds is 4. The van der Waals surface area contributed by atoms with Crippen molar-refractivity contribution in [3.05, 3.63) is 35.4 Å². The first-order chi connectivity index (χ1) is 10.1. The van der Waals surface area contributed by atoms with Crippen molar-refractivity contribution >= 4 is 5.91 Å². The zero-order valence-corrected chi connectivity index (χ0v) is 13.0. The Morgan fingerprint density at radius 3 is 2.45 bits per heavy atom. The lowest BCUT2D eigenvalue weighted by atomic mass is 9.93. The third-order valence-electron chi connectivity index (χ3n) is 4.13. The molecule has 0 spiro atoms. The van der Waals surface area contributed by atoms with Gasteiger partial charge in [-0.2, -0.15) is 13.2 Å². The molecule has 0 saturated carbocycles. The number of hydrogen-bond acceptors (Lipinski definition) is 2. The molecule has 1 atom stereocenters. The Hall–Kier alpha value is -1.56. The highest BCUT2D eigenvalue weighted by Crippen LogP contribution is 2.33. The topological polar surface area (TPSA) is 32.3 Å². The molecule has 0 aromatic heterocycles. The van der Waals surface area contributed by atoms with Gasteiger partial charge in [0, 0.05) is 6.54 Å². The van der Waals surface area contributed by atoms with Crippen molar-refractivity contribution in [1.82, 2.24) is 10.4 Å². The summed E-state index contributed by atoms with van der Waals surface area (Å²) in [4.78, 5) is 11.7. The molecule has 0 radical (unpaired) electrons. The number of carbonyl (C=O) groups excluding carboxylic acids is 1. The quantitative estimate of drug-likeness (QED) is 0.925. The van der Waals surface area contributed by atoms with Crippen LogP contribution < -0.4 is 5.43 Å². The maximum atomic E-state index is 13.4. The minimum absolute atomic E-state index is 0.0593. The zero-order chi connectivity index (χ0) is 16.5. The largest absolute Gasteiger partial charge is 0.405 e. The SMILES string of the molecule is Cc1ccccc1CC[C@H](N1CC(C)(C)C(=O)N1)C(F)(F)F. The fourth-order valence-corrected chi connectivity index (χ4v) is 2.69. The monoisotopic (exact) mass is 314 g/mol. The maximum absolute atomic E-state index is 13.4. The Balaban J connectivity index is 2.12. The molecule has 3 nitrogen and oxygen atoms in total. The number of hydrogen-bond donors (Lipinski definition) is 1. The second-order valence-corrected chi connectivity index (χ2v) is 6.48. The molecule has 122 valence electrons. The van der Waals surface area contributed by atoms with Gasteiger partial charge in [0.25, 0.3) is 0 Å². The molecule has 1 heterocycles. The Morgan fingerprint density at radius 1 is 1.32 bits per heavy atom. The second kappa shape index (κ2) is 5.91. The van der Waals surface area contributed by atoms with E-state index >= 15 is 0 Å². The van der Waals surface area contributed by atoms with Crippen molar-refractivity contribution in [2.24, 2.45) is 5.41 Å². The van der Waals surface area contributed by atoms with Gasteiger partial charge in [-0.3, -0.25) is 10.2 Å². The number of nitrogens with one attached hydrogen (secondary N) is 1. The van der Waals surface area contributed by atoms with Crippen LogP contribution in [-0.4, -0.2) is 29.7 Å². The molecule has 0 unspecified atom stereocenters. The second-order valence-electron chi connectivity index (χ2n) is 6.48. The highest BCUT2D eigenvalue weighted by atomic mass is 19.4. The predicted octanol–water partition coefficient (Wildman–Crippen LogP) is 3.23. The molecule has 1 saturated heterocycles. The summed E-state index contributed by atoms with van der Waals surface area (Å²) >= 11 is 0. The maximum Gasteiger partial charge on any atom is 0.405 e. The Labute approximate surface area is 128 Å². The number of carbonyl (C=O) groups is 1. The zero-order valence-electron chi connectivity index (χ0n) is 13.0. The average molecular weight is 314 g/mol. The Bertz CT molecular complexity index is 555. The number of benzene rings is 1. The summed E-state index contributed by atoms with van der Waals surface area (Å²) in [6.07, 6.45) is -4.13. The minimum Gasteiger partial charge on any atom is -0.288 e. The fraction of sp³-hybridized carbons (Fsp3) is 0.562. The Kier molecular flexibility index (Phi) is 4.52. The molecule has 0 bridgehead atoms. The number of nitrogens with zero attached hydrogens (tertiary/aromatic N) is 1. The van der Waals surface area contributed by atoms with Crippen LogP contribution in [0.25, 0.3) is 0 Å². The molecule has 1 aliphatic rings. The third-order valence-corrected chi connectivity index (χ3v) is 4.13. The van der Waals surface area contributed by atoms with Gasteiger partial charge >= 0.3 is 6.18 Å². The van der Waals surface area contributed by atoms with Crippen molar-refractivity contribution in [2.45, 2.75) is 45.8 Å². The first-order valence-corrected chi connectivity index (χ1v) is 7.30. The normalized spacial score (nSPS) is 20.0. The summed E-state index contributed by atoms with van der Waals surface area (Å²) in [7, 11) is 0. The molecule has 1 aromatic rings. The van der Waals surface area contributed by atoms with E-state index < -0.39 is 17.6 Å². The Morgan fingerprint density at radius 2 is 1.95 bits per heavy atom. The highest BCUT2D eigenvalue weighted by Gasteiger charge is 2.49. The third kappa shape index (κ3) is 3.61. The van der Waals surface area contributed by atoms with Crippen molar-refractivity contribution < 1.29 is 18.0 Å². The van der Waals surface area contributed by atoms with Crippen LogP contribution in [0.4, 0.5) is 13.2 Å². The standard InChI is InChI=1S/C16H21F3N2O/c1-11-6-4-5-7-12(11)8-9-13(16(17,18)19)21-10-15(2,3)14(22)20-21/h4-7,13H,8-10H2,1-3H3,(H,20,22)/t13-/m0/s1. The summed E-state index contributed by atoms with van der Waals surface area (Å²) in [6, 6.07) is 5.75. The first kappa shape index (κ1) is 16.8. The molecule has 1 amide bonds. The number of halogens is 3. The van der Waals surface area contributed by atoms with E-state index in [1.165, 1.54) is 0 Å². The molecule has 1 N–H and O–H groups in total. The van der Waals surface area contributed by atoms with Crippen LogP contribution in [0.2, 0.25) is 0 Å². The van der Waals surface area contributed by atoms with E-state index in [0.717, 1.165) is 16.1 Å². The van der Waals surface area contributed by atoms with Gasteiger partial charge < -0.3 is 0 Å². The number of amides is 1. The molecule has 2 rings (SSSR count). The van der Waals surface area contributed by atoms with Gasteiger partial charge in [-0.15, -0.1) is 0 Å². The van der Waals surface area contributed by atoms with Crippen LogP contribution in [0.15, 0.2) is 24.3 Å². The number of hydrazine groups is 1. The minimum atomic E-state index is -4.38. The van der Waals surface area contributed by atoms with Crippen molar-refractivity contribution in [3.8, 4) is 0 Å². The molecule has 0 aliphatic carbocycles. The van der Waals surface area contributed by atoms with E-state index in [1.807, 2.05) is 31.2 Å². The van der Waals surface area contributed by atoms with E-state index in [9.17, 15) is 18.0 Å². The summed E-state index contributed by atoms with van der Waals surface area (Å²) in [6.45, 7) is 5.25. The molecular weight excluding hydrogens is 293 g/mol. The van der Waals surface area contributed by atoms with Crippen molar-refractivity contribution in [2.75, 3.05) is 6.54 Å². The molecule has 1 aliphatic heterocycles.